The number of morpholine rings is 1. The van der Waals surface area contributed by atoms with Crippen LogP contribution in [0, 0.1) is 6.92 Å². The third-order valence-electron chi connectivity index (χ3n) is 3.11. The van der Waals surface area contributed by atoms with Crippen LogP contribution in [0.1, 0.15) is 18.4 Å². The lowest BCUT2D eigenvalue weighted by molar-refractivity contribution is -0.0254. The molecule has 2 rings (SSSR count). The highest BCUT2D eigenvalue weighted by Crippen LogP contribution is 2.04. The van der Waals surface area contributed by atoms with Crippen LogP contribution in [0.25, 0.3) is 0 Å². The highest BCUT2D eigenvalue weighted by atomic mass is 16.5. The molecule has 0 aromatic carbocycles. The summed E-state index contributed by atoms with van der Waals surface area (Å²) in [6, 6.07) is 0. The number of aryl methyl sites for hydroxylation is 1. The molecule has 1 aromatic heterocycles. The van der Waals surface area contributed by atoms with Crippen molar-refractivity contribution < 1.29 is 4.74 Å². The first-order valence-electron chi connectivity index (χ1n) is 6.33. The number of aromatic nitrogens is 2. The van der Waals surface area contributed by atoms with Gasteiger partial charge in [0.1, 0.15) is 5.82 Å². The van der Waals surface area contributed by atoms with Crippen molar-refractivity contribution in [3.8, 4) is 0 Å². The molecule has 17 heavy (non-hydrogen) atoms. The van der Waals surface area contributed by atoms with E-state index in [2.05, 4.69) is 27.1 Å². The second kappa shape index (κ2) is 6.14. The van der Waals surface area contributed by atoms with Gasteiger partial charge in [-0.25, -0.2) is 4.98 Å². The quantitative estimate of drug-likeness (QED) is 0.785. The molecular weight excluding hydrogens is 216 g/mol. The fourth-order valence-electron chi connectivity index (χ4n) is 2.12. The van der Waals surface area contributed by atoms with Crippen LogP contribution < -0.4 is 5.32 Å². The SMILES string of the molecule is CCN1CCOC(CNCc2cnc(C)[nH]2)C1. The first-order chi connectivity index (χ1) is 8.28. The Bertz CT molecular complexity index is 339. The van der Waals surface area contributed by atoms with Crippen molar-refractivity contribution in [2.45, 2.75) is 26.5 Å². The first-order valence-corrected chi connectivity index (χ1v) is 6.33. The fraction of sp³-hybridized carbons (Fsp3) is 0.750. The molecule has 2 N–H and O–H groups in total. The number of nitrogens with zero attached hydrogens (tertiary/aromatic N) is 2. The van der Waals surface area contributed by atoms with Gasteiger partial charge in [-0.3, -0.25) is 4.90 Å². The number of hydrogen-bond donors (Lipinski definition) is 2. The lowest BCUT2D eigenvalue weighted by Crippen LogP contribution is -2.46. The normalized spacial score (nSPS) is 21.9. The highest BCUT2D eigenvalue weighted by Gasteiger charge is 2.18. The number of H-pyrrole nitrogens is 1. The molecule has 1 atom stereocenters. The smallest absolute Gasteiger partial charge is 0.103 e. The van der Waals surface area contributed by atoms with E-state index in [0.717, 1.165) is 50.8 Å². The molecule has 5 heteroatoms. The monoisotopic (exact) mass is 238 g/mol. The number of likely N-dealkylation sites (N-methyl/N-ethyl adjacent to an activating group) is 1. The maximum Gasteiger partial charge on any atom is 0.103 e. The summed E-state index contributed by atoms with van der Waals surface area (Å²) in [7, 11) is 0. The van der Waals surface area contributed by atoms with E-state index in [1.54, 1.807) is 0 Å². The maximum absolute atomic E-state index is 5.72. The van der Waals surface area contributed by atoms with Crippen molar-refractivity contribution in [2.24, 2.45) is 0 Å². The molecule has 0 radical (unpaired) electrons. The summed E-state index contributed by atoms with van der Waals surface area (Å²) in [5.74, 6) is 0.966. The van der Waals surface area contributed by atoms with E-state index in [9.17, 15) is 0 Å². The zero-order valence-electron chi connectivity index (χ0n) is 10.7. The van der Waals surface area contributed by atoms with Crippen molar-refractivity contribution in [3.63, 3.8) is 0 Å². The van der Waals surface area contributed by atoms with Crippen LogP contribution in [0.5, 0.6) is 0 Å². The third-order valence-corrected chi connectivity index (χ3v) is 3.11. The predicted molar refractivity (Wildman–Crippen MR) is 66.9 cm³/mol. The average molecular weight is 238 g/mol. The molecule has 2 heterocycles. The molecule has 96 valence electrons. The van der Waals surface area contributed by atoms with E-state index in [4.69, 9.17) is 4.74 Å². The fourth-order valence-corrected chi connectivity index (χ4v) is 2.12. The van der Waals surface area contributed by atoms with Crippen molar-refractivity contribution in [3.05, 3.63) is 17.7 Å². The summed E-state index contributed by atoms with van der Waals surface area (Å²) < 4.78 is 5.72. The molecule has 1 saturated heterocycles. The molecule has 1 unspecified atom stereocenters. The van der Waals surface area contributed by atoms with Gasteiger partial charge in [0.05, 0.1) is 12.7 Å². The van der Waals surface area contributed by atoms with Crippen LogP contribution in [-0.4, -0.2) is 53.8 Å². The molecule has 5 nitrogen and oxygen atoms in total. The second-order valence-electron chi connectivity index (χ2n) is 4.51. The topological polar surface area (TPSA) is 53.2 Å². The number of ether oxygens (including phenoxy) is 1. The summed E-state index contributed by atoms with van der Waals surface area (Å²) in [5, 5.41) is 3.41. The molecule has 1 aliphatic heterocycles. The average Bonchev–Trinajstić information content (AvgIpc) is 2.75. The summed E-state index contributed by atoms with van der Waals surface area (Å²) in [4.78, 5) is 9.81. The van der Waals surface area contributed by atoms with E-state index < -0.39 is 0 Å². The summed E-state index contributed by atoms with van der Waals surface area (Å²) in [6.45, 7) is 9.94. The van der Waals surface area contributed by atoms with Crippen molar-refractivity contribution in [1.82, 2.24) is 20.2 Å². The zero-order chi connectivity index (χ0) is 12.1. The number of imidazole rings is 1. The summed E-state index contributed by atoms with van der Waals surface area (Å²) in [5.41, 5.74) is 1.13. The van der Waals surface area contributed by atoms with Crippen LogP contribution in [0.3, 0.4) is 0 Å². The Morgan fingerprint density at radius 2 is 2.53 bits per heavy atom. The first kappa shape index (κ1) is 12.5. The van der Waals surface area contributed by atoms with Gasteiger partial charge in [-0.05, 0) is 13.5 Å². The molecular formula is C12H22N4O. The van der Waals surface area contributed by atoms with Crippen LogP contribution in [0.4, 0.5) is 0 Å². The Morgan fingerprint density at radius 3 is 3.24 bits per heavy atom. The van der Waals surface area contributed by atoms with Crippen LogP contribution >= 0.6 is 0 Å². The number of rotatable bonds is 5. The van der Waals surface area contributed by atoms with Crippen LogP contribution in [-0.2, 0) is 11.3 Å². The lowest BCUT2D eigenvalue weighted by atomic mass is 10.2. The molecule has 1 aromatic rings. The Kier molecular flexibility index (Phi) is 4.53. The summed E-state index contributed by atoms with van der Waals surface area (Å²) >= 11 is 0. The van der Waals surface area contributed by atoms with Gasteiger partial charge in [0.25, 0.3) is 0 Å². The largest absolute Gasteiger partial charge is 0.374 e. The Morgan fingerprint density at radius 1 is 1.65 bits per heavy atom. The molecule has 0 aliphatic carbocycles. The van der Waals surface area contributed by atoms with E-state index in [0.29, 0.717) is 6.10 Å². The van der Waals surface area contributed by atoms with E-state index in [1.165, 1.54) is 0 Å². The Hall–Kier alpha value is -0.910. The van der Waals surface area contributed by atoms with Gasteiger partial charge in [0.2, 0.25) is 0 Å². The number of hydrogen-bond acceptors (Lipinski definition) is 4. The van der Waals surface area contributed by atoms with E-state index in [1.807, 2.05) is 13.1 Å². The number of nitrogens with one attached hydrogen (secondary N) is 2. The molecule has 1 aliphatic rings. The molecule has 0 spiro atoms. The van der Waals surface area contributed by atoms with Gasteiger partial charge < -0.3 is 15.0 Å². The van der Waals surface area contributed by atoms with Crippen molar-refractivity contribution in [2.75, 3.05) is 32.8 Å². The standard InChI is InChI=1S/C12H22N4O/c1-3-16-4-5-17-12(9-16)8-13-6-11-7-14-10(2)15-11/h7,12-13H,3-6,8-9H2,1-2H3,(H,14,15). The van der Waals surface area contributed by atoms with Gasteiger partial charge in [-0.1, -0.05) is 6.92 Å². The van der Waals surface area contributed by atoms with Gasteiger partial charge in [-0.15, -0.1) is 0 Å². The second-order valence-corrected chi connectivity index (χ2v) is 4.51. The highest BCUT2D eigenvalue weighted by molar-refractivity contribution is 4.99. The van der Waals surface area contributed by atoms with Gasteiger partial charge >= 0.3 is 0 Å². The molecule has 0 amide bonds. The number of aromatic amines is 1. The molecule has 1 fully saturated rings. The zero-order valence-corrected chi connectivity index (χ0v) is 10.7. The van der Waals surface area contributed by atoms with Crippen molar-refractivity contribution >= 4 is 0 Å². The van der Waals surface area contributed by atoms with Gasteiger partial charge in [-0.2, -0.15) is 0 Å². The third kappa shape index (κ3) is 3.80. The minimum atomic E-state index is 0.313. The molecule has 0 bridgehead atoms. The minimum absolute atomic E-state index is 0.313. The van der Waals surface area contributed by atoms with Crippen molar-refractivity contribution in [1.29, 1.82) is 0 Å². The van der Waals surface area contributed by atoms with E-state index in [-0.39, 0.29) is 0 Å². The molecule has 0 saturated carbocycles. The predicted octanol–water partition coefficient (Wildman–Crippen LogP) is 0.528. The lowest BCUT2D eigenvalue weighted by Gasteiger charge is -2.32. The maximum atomic E-state index is 5.72. The Labute approximate surface area is 103 Å². The van der Waals surface area contributed by atoms with Gasteiger partial charge in [0.15, 0.2) is 0 Å². The van der Waals surface area contributed by atoms with Crippen LogP contribution in [0.15, 0.2) is 6.20 Å². The minimum Gasteiger partial charge on any atom is -0.374 e. The van der Waals surface area contributed by atoms with E-state index >= 15 is 0 Å². The van der Waals surface area contributed by atoms with Gasteiger partial charge in [0, 0.05) is 38.1 Å². The Balaban J connectivity index is 1.68. The van der Waals surface area contributed by atoms with Crippen LogP contribution in [0.2, 0.25) is 0 Å². The summed E-state index contributed by atoms with van der Waals surface area (Å²) in [6.07, 6.45) is 2.19.